The van der Waals surface area contributed by atoms with Crippen LogP contribution in [-0.4, -0.2) is 24.3 Å². The van der Waals surface area contributed by atoms with Crippen LogP contribution in [0, 0.1) is 11.6 Å². The van der Waals surface area contributed by atoms with E-state index in [-0.39, 0.29) is 23.7 Å². The molecule has 26 heavy (non-hydrogen) atoms. The van der Waals surface area contributed by atoms with Gasteiger partial charge in [0.1, 0.15) is 0 Å². The quantitative estimate of drug-likeness (QED) is 0.739. The topological polar surface area (TPSA) is 87.3 Å². The highest BCUT2D eigenvalue weighted by molar-refractivity contribution is 6.00. The van der Waals surface area contributed by atoms with Crippen LogP contribution in [0.2, 0.25) is 0 Å². The van der Waals surface area contributed by atoms with Gasteiger partial charge in [0, 0.05) is 29.4 Å². The molecule has 0 atom stereocenters. The van der Waals surface area contributed by atoms with E-state index in [0.717, 1.165) is 12.1 Å². The summed E-state index contributed by atoms with van der Waals surface area (Å²) < 4.78 is 25.9. The molecule has 0 radical (unpaired) electrons. The van der Waals surface area contributed by atoms with Crippen molar-refractivity contribution in [2.75, 3.05) is 17.2 Å². The van der Waals surface area contributed by atoms with Crippen molar-refractivity contribution in [1.82, 2.24) is 5.32 Å². The molecule has 0 unspecified atom stereocenters. The van der Waals surface area contributed by atoms with Crippen LogP contribution in [-0.2, 0) is 9.59 Å². The predicted molar refractivity (Wildman–Crippen MR) is 92.7 cm³/mol. The molecule has 0 saturated carbocycles. The lowest BCUT2D eigenvalue weighted by Gasteiger charge is -2.09. The van der Waals surface area contributed by atoms with Gasteiger partial charge in [-0.3, -0.25) is 14.4 Å². The average molecular weight is 361 g/mol. The maximum absolute atomic E-state index is 13.1. The highest BCUT2D eigenvalue weighted by Gasteiger charge is 2.10. The van der Waals surface area contributed by atoms with E-state index in [0.29, 0.717) is 12.1 Å². The number of carbonyl (C=O) groups is 3. The monoisotopic (exact) mass is 361 g/mol. The normalized spacial score (nSPS) is 10.1. The zero-order chi connectivity index (χ0) is 19.1. The number of carbonyl (C=O) groups excluding carboxylic acids is 3. The Kier molecular flexibility index (Phi) is 6.37. The fourth-order valence-corrected chi connectivity index (χ4v) is 2.03. The van der Waals surface area contributed by atoms with Gasteiger partial charge < -0.3 is 16.0 Å². The third-order valence-electron chi connectivity index (χ3n) is 3.34. The number of hydrogen-bond acceptors (Lipinski definition) is 3. The van der Waals surface area contributed by atoms with E-state index in [4.69, 9.17) is 0 Å². The summed E-state index contributed by atoms with van der Waals surface area (Å²) in [6.07, 6.45) is 0.306. The predicted octanol–water partition coefficient (Wildman–Crippen LogP) is 2.68. The fraction of sp³-hybridized carbons (Fsp3) is 0.167. The standard InChI is InChI=1S/C18H17F2N3O3/c1-2-16(24)22-12-5-3-4-11(8-12)18(26)21-10-17(25)23-13-6-7-14(19)15(20)9-13/h3-9H,2,10H2,1H3,(H,21,26)(H,22,24)(H,23,25). The zero-order valence-corrected chi connectivity index (χ0v) is 13.9. The summed E-state index contributed by atoms with van der Waals surface area (Å²) in [4.78, 5) is 35.3. The van der Waals surface area contributed by atoms with E-state index >= 15 is 0 Å². The second-order valence-electron chi connectivity index (χ2n) is 5.34. The first-order chi connectivity index (χ1) is 12.4. The Bertz CT molecular complexity index is 840. The molecule has 0 fully saturated rings. The smallest absolute Gasteiger partial charge is 0.251 e. The van der Waals surface area contributed by atoms with Crippen molar-refractivity contribution < 1.29 is 23.2 Å². The molecule has 2 rings (SSSR count). The van der Waals surface area contributed by atoms with Gasteiger partial charge in [0.25, 0.3) is 5.91 Å². The molecule has 0 aliphatic carbocycles. The van der Waals surface area contributed by atoms with Gasteiger partial charge in [0.15, 0.2) is 11.6 Å². The van der Waals surface area contributed by atoms with E-state index in [2.05, 4.69) is 16.0 Å². The molecule has 136 valence electrons. The van der Waals surface area contributed by atoms with Crippen molar-refractivity contribution in [3.05, 3.63) is 59.7 Å². The summed E-state index contributed by atoms with van der Waals surface area (Å²) in [7, 11) is 0. The van der Waals surface area contributed by atoms with Crippen LogP contribution in [0.25, 0.3) is 0 Å². The summed E-state index contributed by atoms with van der Waals surface area (Å²) in [5.74, 6) is -3.41. The fourth-order valence-electron chi connectivity index (χ4n) is 2.03. The number of nitrogens with one attached hydrogen (secondary N) is 3. The van der Waals surface area contributed by atoms with Gasteiger partial charge in [-0.2, -0.15) is 0 Å². The number of rotatable bonds is 6. The molecular formula is C18H17F2N3O3. The van der Waals surface area contributed by atoms with Crippen LogP contribution in [0.4, 0.5) is 20.2 Å². The first kappa shape index (κ1) is 19.0. The Hall–Kier alpha value is -3.29. The Balaban J connectivity index is 1.91. The van der Waals surface area contributed by atoms with Crippen molar-refractivity contribution in [2.24, 2.45) is 0 Å². The second kappa shape index (κ2) is 8.70. The van der Waals surface area contributed by atoms with Gasteiger partial charge in [0.05, 0.1) is 6.54 Å². The minimum absolute atomic E-state index is 0.0763. The van der Waals surface area contributed by atoms with Crippen molar-refractivity contribution in [3.63, 3.8) is 0 Å². The molecule has 3 amide bonds. The molecule has 0 aromatic heterocycles. The summed E-state index contributed by atoms with van der Waals surface area (Å²) in [5, 5.41) is 7.38. The van der Waals surface area contributed by atoms with Crippen LogP contribution in [0.1, 0.15) is 23.7 Å². The summed E-state index contributed by atoms with van der Waals surface area (Å²) in [6.45, 7) is 1.35. The minimum atomic E-state index is -1.09. The molecule has 0 aliphatic heterocycles. The van der Waals surface area contributed by atoms with E-state index in [1.807, 2.05) is 0 Å². The van der Waals surface area contributed by atoms with Crippen molar-refractivity contribution in [3.8, 4) is 0 Å². The van der Waals surface area contributed by atoms with Gasteiger partial charge in [-0.1, -0.05) is 13.0 Å². The summed E-state index contributed by atoms with van der Waals surface area (Å²) in [5.41, 5.74) is 0.808. The molecule has 2 aromatic rings. The lowest BCUT2D eigenvalue weighted by Crippen LogP contribution is -2.32. The molecule has 0 heterocycles. The minimum Gasteiger partial charge on any atom is -0.343 e. The van der Waals surface area contributed by atoms with Gasteiger partial charge in [-0.25, -0.2) is 8.78 Å². The molecule has 0 aliphatic rings. The maximum atomic E-state index is 13.1. The molecular weight excluding hydrogens is 344 g/mol. The van der Waals surface area contributed by atoms with Crippen molar-refractivity contribution in [1.29, 1.82) is 0 Å². The summed E-state index contributed by atoms with van der Waals surface area (Å²) in [6, 6.07) is 9.19. The Morgan fingerprint density at radius 2 is 1.58 bits per heavy atom. The number of hydrogen-bond donors (Lipinski definition) is 3. The average Bonchev–Trinajstić information content (AvgIpc) is 2.63. The number of anilines is 2. The van der Waals surface area contributed by atoms with E-state index in [1.165, 1.54) is 18.2 Å². The molecule has 2 aromatic carbocycles. The maximum Gasteiger partial charge on any atom is 0.251 e. The lowest BCUT2D eigenvalue weighted by atomic mass is 10.2. The van der Waals surface area contributed by atoms with E-state index in [1.54, 1.807) is 19.1 Å². The highest BCUT2D eigenvalue weighted by Crippen LogP contribution is 2.13. The Morgan fingerprint density at radius 1 is 0.885 bits per heavy atom. The molecule has 3 N–H and O–H groups in total. The second-order valence-corrected chi connectivity index (χ2v) is 5.34. The molecule has 0 bridgehead atoms. The first-order valence-electron chi connectivity index (χ1n) is 7.82. The van der Waals surface area contributed by atoms with Crippen LogP contribution in [0.5, 0.6) is 0 Å². The highest BCUT2D eigenvalue weighted by atomic mass is 19.2. The molecule has 0 saturated heterocycles. The van der Waals surface area contributed by atoms with Gasteiger partial charge in [-0.05, 0) is 30.3 Å². The lowest BCUT2D eigenvalue weighted by molar-refractivity contribution is -0.116. The van der Waals surface area contributed by atoms with Gasteiger partial charge >= 0.3 is 0 Å². The van der Waals surface area contributed by atoms with Gasteiger partial charge in [0.2, 0.25) is 11.8 Å². The van der Waals surface area contributed by atoms with Crippen LogP contribution in [0.3, 0.4) is 0 Å². The molecule has 8 heteroatoms. The third-order valence-corrected chi connectivity index (χ3v) is 3.34. The Labute approximate surface area is 148 Å². The van der Waals surface area contributed by atoms with Crippen molar-refractivity contribution >= 4 is 29.1 Å². The van der Waals surface area contributed by atoms with Crippen LogP contribution in [0.15, 0.2) is 42.5 Å². The van der Waals surface area contributed by atoms with Crippen LogP contribution >= 0.6 is 0 Å². The van der Waals surface area contributed by atoms with E-state index < -0.39 is 23.4 Å². The molecule has 0 spiro atoms. The third kappa shape index (κ3) is 5.37. The number of benzene rings is 2. The van der Waals surface area contributed by atoms with Gasteiger partial charge in [-0.15, -0.1) is 0 Å². The molecule has 6 nitrogen and oxygen atoms in total. The van der Waals surface area contributed by atoms with Crippen molar-refractivity contribution in [2.45, 2.75) is 13.3 Å². The largest absolute Gasteiger partial charge is 0.343 e. The van der Waals surface area contributed by atoms with Crippen LogP contribution < -0.4 is 16.0 Å². The Morgan fingerprint density at radius 3 is 2.27 bits per heavy atom. The van der Waals surface area contributed by atoms with E-state index in [9.17, 15) is 23.2 Å². The number of amides is 3. The number of halogens is 2. The first-order valence-corrected chi connectivity index (χ1v) is 7.82. The SMILES string of the molecule is CCC(=O)Nc1cccc(C(=O)NCC(=O)Nc2ccc(F)c(F)c2)c1. The zero-order valence-electron chi connectivity index (χ0n) is 13.9. The summed E-state index contributed by atoms with van der Waals surface area (Å²) >= 11 is 0.